The molecule has 0 fully saturated rings. The summed E-state index contributed by atoms with van der Waals surface area (Å²) in [5.41, 5.74) is 5.41. The van der Waals surface area contributed by atoms with Crippen molar-refractivity contribution in [2.24, 2.45) is 5.73 Å². The lowest BCUT2D eigenvalue weighted by Gasteiger charge is -1.95. The van der Waals surface area contributed by atoms with Crippen LogP contribution in [-0.4, -0.2) is 12.3 Å². The molecule has 1 rings (SSSR count). The molecule has 12 heavy (non-hydrogen) atoms. The molecule has 1 aromatic rings. The second-order valence-electron chi connectivity index (χ2n) is 2.14. The van der Waals surface area contributed by atoms with Gasteiger partial charge < -0.3 is 5.73 Å². The van der Waals surface area contributed by atoms with Gasteiger partial charge in [0.25, 0.3) is 0 Å². The fraction of sp³-hybridized carbons (Fsp3) is 0.125. The van der Waals surface area contributed by atoms with E-state index in [9.17, 15) is 9.18 Å². The lowest BCUT2D eigenvalue weighted by molar-refractivity contribution is 0.100. The maximum absolute atomic E-state index is 12.5. The number of hydrogen-bond acceptors (Lipinski definition) is 2. The Morgan fingerprint density at radius 1 is 1.50 bits per heavy atom. The number of halogens is 2. The molecule has 0 aliphatic rings. The predicted molar refractivity (Wildman–Crippen MR) is 47.0 cm³/mol. The Hall–Kier alpha value is -0.930. The van der Waals surface area contributed by atoms with Crippen molar-refractivity contribution in [3.63, 3.8) is 0 Å². The number of benzene rings is 1. The number of carbonyl (C=O) groups excluding carboxylic acids is 1. The lowest BCUT2D eigenvalue weighted by atomic mass is 10.1. The van der Waals surface area contributed by atoms with Crippen LogP contribution in [0, 0.1) is 5.82 Å². The number of nitrogens with two attached hydrogens (primary N) is 1. The fourth-order valence-corrected chi connectivity index (χ4v) is 0.780. The molecule has 0 unspecified atom stereocenters. The number of rotatable bonds is 2. The van der Waals surface area contributed by atoms with Gasteiger partial charge >= 0.3 is 0 Å². The largest absolute Gasteiger partial charge is 0.324 e. The molecule has 2 nitrogen and oxygen atoms in total. The molecule has 0 spiro atoms. The number of Topliss-reactive ketones (excluding diaryl/α,β-unsaturated/α-hetero) is 1. The van der Waals surface area contributed by atoms with E-state index in [1.54, 1.807) is 0 Å². The van der Waals surface area contributed by atoms with Gasteiger partial charge in [-0.2, -0.15) is 0 Å². The van der Waals surface area contributed by atoms with Crippen molar-refractivity contribution in [2.75, 3.05) is 6.54 Å². The van der Waals surface area contributed by atoms with Gasteiger partial charge in [-0.25, -0.2) is 4.39 Å². The van der Waals surface area contributed by atoms with Gasteiger partial charge in [0, 0.05) is 5.56 Å². The van der Waals surface area contributed by atoms with Crippen molar-refractivity contribution in [1.82, 2.24) is 0 Å². The third kappa shape index (κ3) is 2.60. The van der Waals surface area contributed by atoms with E-state index in [1.165, 1.54) is 24.3 Å². The predicted octanol–water partition coefficient (Wildman–Crippen LogP) is 1.39. The van der Waals surface area contributed by atoms with Gasteiger partial charge in [0.05, 0.1) is 6.54 Å². The number of carbonyl (C=O) groups is 1. The Kier molecular flexibility index (Phi) is 4.47. The van der Waals surface area contributed by atoms with Crippen LogP contribution in [0.4, 0.5) is 4.39 Å². The minimum atomic E-state index is -0.413. The Balaban J connectivity index is 0.00000121. The van der Waals surface area contributed by atoms with Crippen LogP contribution in [-0.2, 0) is 0 Å². The minimum Gasteiger partial charge on any atom is -0.324 e. The van der Waals surface area contributed by atoms with Crippen LogP contribution in [0.15, 0.2) is 24.3 Å². The third-order valence-corrected chi connectivity index (χ3v) is 1.33. The normalized spacial score (nSPS) is 8.83. The molecular formula is C8H9ClFNO. The molecule has 66 valence electrons. The third-order valence-electron chi connectivity index (χ3n) is 1.33. The fourth-order valence-electron chi connectivity index (χ4n) is 0.780. The molecule has 0 aromatic heterocycles. The highest BCUT2D eigenvalue weighted by Gasteiger charge is 2.02. The van der Waals surface area contributed by atoms with Crippen LogP contribution in [0.2, 0.25) is 0 Å². The second kappa shape index (κ2) is 4.85. The van der Waals surface area contributed by atoms with Crippen LogP contribution in [0.25, 0.3) is 0 Å². The van der Waals surface area contributed by atoms with Gasteiger partial charge in [-0.1, -0.05) is 12.1 Å². The summed E-state index contributed by atoms with van der Waals surface area (Å²) in [5, 5.41) is 0. The first-order valence-electron chi connectivity index (χ1n) is 3.23. The van der Waals surface area contributed by atoms with Gasteiger partial charge in [-0.05, 0) is 12.1 Å². The highest BCUT2D eigenvalue weighted by molar-refractivity contribution is 5.97. The zero-order valence-electron chi connectivity index (χ0n) is 6.29. The highest BCUT2D eigenvalue weighted by Crippen LogP contribution is 2.03. The molecular weight excluding hydrogens is 181 g/mol. The molecule has 0 aliphatic heterocycles. The molecule has 0 aliphatic carbocycles. The topological polar surface area (TPSA) is 43.1 Å². The first-order valence-corrected chi connectivity index (χ1v) is 3.23. The van der Waals surface area contributed by atoms with Gasteiger partial charge in [0.15, 0.2) is 5.78 Å². The Morgan fingerprint density at radius 3 is 2.67 bits per heavy atom. The minimum absolute atomic E-state index is 0. The summed E-state index contributed by atoms with van der Waals surface area (Å²) in [4.78, 5) is 10.9. The molecule has 0 saturated heterocycles. The highest BCUT2D eigenvalue weighted by atomic mass is 35.5. The van der Waals surface area contributed by atoms with E-state index < -0.39 is 5.82 Å². The van der Waals surface area contributed by atoms with Crippen molar-refractivity contribution < 1.29 is 9.18 Å². The zero-order valence-corrected chi connectivity index (χ0v) is 7.10. The van der Waals surface area contributed by atoms with Crippen molar-refractivity contribution in [3.05, 3.63) is 35.6 Å². The SMILES string of the molecule is Cl.NCC(=O)c1cccc(F)c1. The molecule has 2 N–H and O–H groups in total. The van der Waals surface area contributed by atoms with Crippen molar-refractivity contribution in [1.29, 1.82) is 0 Å². The zero-order chi connectivity index (χ0) is 8.27. The first-order chi connectivity index (χ1) is 5.24. The average Bonchev–Trinajstić information content (AvgIpc) is 2.03. The summed E-state index contributed by atoms with van der Waals surface area (Å²) >= 11 is 0. The van der Waals surface area contributed by atoms with E-state index in [1.807, 2.05) is 0 Å². The molecule has 0 amide bonds. The van der Waals surface area contributed by atoms with Crippen LogP contribution in [0.3, 0.4) is 0 Å². The Bertz CT molecular complexity index is 278. The summed E-state index contributed by atoms with van der Waals surface area (Å²) < 4.78 is 12.5. The Labute approximate surface area is 76.0 Å². The first kappa shape index (κ1) is 11.1. The van der Waals surface area contributed by atoms with Gasteiger partial charge in [0.2, 0.25) is 0 Å². The molecule has 0 heterocycles. The summed E-state index contributed by atoms with van der Waals surface area (Å²) in [6.07, 6.45) is 0. The summed E-state index contributed by atoms with van der Waals surface area (Å²) in [6, 6.07) is 5.49. The summed E-state index contributed by atoms with van der Waals surface area (Å²) in [7, 11) is 0. The maximum Gasteiger partial charge on any atom is 0.176 e. The summed E-state index contributed by atoms with van der Waals surface area (Å²) in [5.74, 6) is -0.659. The van der Waals surface area contributed by atoms with E-state index in [2.05, 4.69) is 0 Å². The van der Waals surface area contributed by atoms with Crippen molar-refractivity contribution >= 4 is 18.2 Å². The monoisotopic (exact) mass is 189 g/mol. The number of ketones is 1. The van der Waals surface area contributed by atoms with Crippen LogP contribution < -0.4 is 5.73 Å². The van der Waals surface area contributed by atoms with E-state index in [0.29, 0.717) is 5.56 Å². The van der Waals surface area contributed by atoms with Crippen molar-refractivity contribution in [3.8, 4) is 0 Å². The van der Waals surface area contributed by atoms with E-state index in [-0.39, 0.29) is 24.7 Å². The van der Waals surface area contributed by atoms with Crippen LogP contribution >= 0.6 is 12.4 Å². The molecule has 1 aromatic carbocycles. The molecule has 4 heteroatoms. The van der Waals surface area contributed by atoms with Crippen molar-refractivity contribution in [2.45, 2.75) is 0 Å². The van der Waals surface area contributed by atoms with Gasteiger partial charge in [0.1, 0.15) is 5.82 Å². The lowest BCUT2D eigenvalue weighted by Crippen LogP contribution is -2.13. The maximum atomic E-state index is 12.5. The number of hydrogen-bond donors (Lipinski definition) is 1. The molecule has 0 atom stereocenters. The Morgan fingerprint density at radius 2 is 2.17 bits per heavy atom. The van der Waals surface area contributed by atoms with Gasteiger partial charge in [-0.15, -0.1) is 12.4 Å². The molecule has 0 radical (unpaired) electrons. The smallest absolute Gasteiger partial charge is 0.176 e. The second-order valence-corrected chi connectivity index (χ2v) is 2.14. The quantitative estimate of drug-likeness (QED) is 0.715. The van der Waals surface area contributed by atoms with Gasteiger partial charge in [-0.3, -0.25) is 4.79 Å². The standard InChI is InChI=1S/C8H8FNO.ClH/c9-7-3-1-2-6(4-7)8(11)5-10;/h1-4H,5,10H2;1H. The average molecular weight is 190 g/mol. The summed E-state index contributed by atoms with van der Waals surface area (Å²) in [6.45, 7) is -0.0799. The van der Waals surface area contributed by atoms with Crippen LogP contribution in [0.5, 0.6) is 0 Å². The van der Waals surface area contributed by atoms with Crippen LogP contribution in [0.1, 0.15) is 10.4 Å². The van der Waals surface area contributed by atoms with E-state index in [4.69, 9.17) is 5.73 Å². The molecule has 0 bridgehead atoms. The molecule has 0 saturated carbocycles. The van der Waals surface area contributed by atoms with E-state index in [0.717, 1.165) is 0 Å². The van der Waals surface area contributed by atoms with E-state index >= 15 is 0 Å².